The Morgan fingerprint density at radius 2 is 1.83 bits per heavy atom. The van der Waals surface area contributed by atoms with Crippen molar-refractivity contribution in [3.8, 4) is 0 Å². The molecule has 4 aliphatic carbocycles. The Kier molecular flexibility index (Phi) is 4.12. The Balaban J connectivity index is 1.53. The molecule has 6 heteroatoms. The van der Waals surface area contributed by atoms with Gasteiger partial charge in [-0.15, -0.1) is 21.8 Å². The first-order valence-corrected chi connectivity index (χ1v) is 10.1. The number of halogens is 1. The molecule has 0 aliphatic heterocycles. The van der Waals surface area contributed by atoms with Crippen LogP contribution in [0.4, 0.5) is 5.13 Å². The summed E-state index contributed by atoms with van der Waals surface area (Å²) in [6.07, 6.45) is 9.36. The summed E-state index contributed by atoms with van der Waals surface area (Å²) in [5, 5.41) is 10.8. The minimum Gasteiger partial charge on any atom is -0.290 e. The smallest absolute Gasteiger partial charge is 0.228 e. The summed E-state index contributed by atoms with van der Waals surface area (Å²) < 4.78 is 0. The fourth-order valence-electron chi connectivity index (χ4n) is 5.43. The number of amides is 1. The van der Waals surface area contributed by atoms with Gasteiger partial charge in [-0.25, -0.2) is 0 Å². The van der Waals surface area contributed by atoms with E-state index in [1.54, 1.807) is 23.3 Å². The quantitative estimate of drug-likeness (QED) is 0.752. The van der Waals surface area contributed by atoms with E-state index in [0.29, 0.717) is 18.7 Å². The molecule has 1 amide bonds. The second-order valence-electron chi connectivity index (χ2n) is 7.83. The summed E-state index contributed by atoms with van der Waals surface area (Å²) in [5.74, 6) is 3.30. The molecule has 5 rings (SSSR count). The summed E-state index contributed by atoms with van der Waals surface area (Å²) in [7, 11) is 1.81. The number of hydrogen-bond acceptors (Lipinski definition) is 4. The lowest BCUT2D eigenvalue weighted by Gasteiger charge is -2.55. The maximum Gasteiger partial charge on any atom is 0.228 e. The predicted molar refractivity (Wildman–Crippen MR) is 93.1 cm³/mol. The first kappa shape index (κ1) is 15.8. The van der Waals surface area contributed by atoms with Gasteiger partial charge in [0.15, 0.2) is 0 Å². The van der Waals surface area contributed by atoms with Crippen LogP contribution in [0.3, 0.4) is 0 Å². The van der Waals surface area contributed by atoms with Crippen molar-refractivity contribution in [2.45, 2.75) is 56.8 Å². The molecule has 0 N–H and O–H groups in total. The summed E-state index contributed by atoms with van der Waals surface area (Å²) >= 11 is 7.32. The number of rotatable bonds is 5. The zero-order chi connectivity index (χ0) is 16.0. The molecule has 126 valence electrons. The maximum absolute atomic E-state index is 12.2. The van der Waals surface area contributed by atoms with Crippen molar-refractivity contribution in [2.75, 3.05) is 17.8 Å². The van der Waals surface area contributed by atoms with Crippen molar-refractivity contribution >= 4 is 34.0 Å². The van der Waals surface area contributed by atoms with Crippen molar-refractivity contribution in [1.29, 1.82) is 0 Å². The lowest BCUT2D eigenvalue weighted by atomic mass is 9.50. The van der Waals surface area contributed by atoms with Crippen molar-refractivity contribution in [2.24, 2.45) is 17.8 Å². The molecule has 1 aromatic rings. The first-order valence-electron chi connectivity index (χ1n) is 8.76. The van der Waals surface area contributed by atoms with Gasteiger partial charge in [0.05, 0.1) is 0 Å². The molecule has 4 saturated carbocycles. The number of hydrogen-bond donors (Lipinski definition) is 0. The molecule has 4 bridgehead atoms. The van der Waals surface area contributed by atoms with Gasteiger partial charge in [0.1, 0.15) is 5.01 Å². The van der Waals surface area contributed by atoms with E-state index in [2.05, 4.69) is 10.2 Å². The van der Waals surface area contributed by atoms with E-state index >= 15 is 0 Å². The average Bonchev–Trinajstić information content (AvgIpc) is 3.01. The first-order chi connectivity index (χ1) is 11.1. The molecule has 0 spiro atoms. The molecule has 0 radical (unpaired) electrons. The van der Waals surface area contributed by atoms with Gasteiger partial charge in [0.2, 0.25) is 11.0 Å². The number of aromatic nitrogens is 2. The van der Waals surface area contributed by atoms with Crippen LogP contribution < -0.4 is 4.90 Å². The second-order valence-corrected chi connectivity index (χ2v) is 9.17. The number of alkyl halides is 1. The SMILES string of the molecule is CN(C(=O)CCCCl)c1nnc(C23CC4CC(CC(C4)C2)C3)s1. The van der Waals surface area contributed by atoms with Crippen molar-refractivity contribution in [3.05, 3.63) is 5.01 Å². The fraction of sp³-hybridized carbons (Fsp3) is 0.824. The highest BCUT2D eigenvalue weighted by Gasteiger charge is 2.53. The topological polar surface area (TPSA) is 46.1 Å². The van der Waals surface area contributed by atoms with Crippen LogP contribution in [0, 0.1) is 17.8 Å². The molecule has 4 nitrogen and oxygen atoms in total. The maximum atomic E-state index is 12.2. The third-order valence-corrected chi connectivity index (χ3v) is 7.60. The summed E-state index contributed by atoms with van der Waals surface area (Å²) in [6, 6.07) is 0. The van der Waals surface area contributed by atoms with E-state index in [4.69, 9.17) is 11.6 Å². The lowest BCUT2D eigenvalue weighted by molar-refractivity contribution is -0.118. The third kappa shape index (κ3) is 2.80. The van der Waals surface area contributed by atoms with Gasteiger partial charge in [0.25, 0.3) is 0 Å². The van der Waals surface area contributed by atoms with Gasteiger partial charge in [0, 0.05) is 24.8 Å². The monoisotopic (exact) mass is 353 g/mol. The molecule has 1 heterocycles. The van der Waals surface area contributed by atoms with Crippen molar-refractivity contribution in [1.82, 2.24) is 10.2 Å². The molecule has 0 atom stereocenters. The van der Waals surface area contributed by atoms with E-state index in [1.807, 2.05) is 0 Å². The zero-order valence-electron chi connectivity index (χ0n) is 13.6. The number of carbonyl (C=O) groups excluding carboxylic acids is 1. The minimum absolute atomic E-state index is 0.0823. The molecule has 1 aromatic heterocycles. The number of nitrogens with zero attached hydrogens (tertiary/aromatic N) is 3. The van der Waals surface area contributed by atoms with Crippen LogP contribution in [0.15, 0.2) is 0 Å². The van der Waals surface area contributed by atoms with Gasteiger partial charge < -0.3 is 0 Å². The Morgan fingerprint density at radius 3 is 2.39 bits per heavy atom. The molecular formula is C17H24ClN3OS. The minimum atomic E-state index is 0.0823. The van der Waals surface area contributed by atoms with Crippen LogP contribution >= 0.6 is 22.9 Å². The van der Waals surface area contributed by atoms with Gasteiger partial charge in [-0.2, -0.15) is 0 Å². The summed E-state index contributed by atoms with van der Waals surface area (Å²) in [4.78, 5) is 13.8. The normalized spacial score (nSPS) is 34.8. The van der Waals surface area contributed by atoms with Gasteiger partial charge in [-0.05, 0) is 62.7 Å². The van der Waals surface area contributed by atoms with E-state index in [0.717, 1.165) is 22.9 Å². The molecule has 4 aliphatic rings. The Hall–Kier alpha value is -0.680. The van der Waals surface area contributed by atoms with Gasteiger partial charge in [-0.1, -0.05) is 11.3 Å². The van der Waals surface area contributed by atoms with Gasteiger partial charge >= 0.3 is 0 Å². The summed E-state index contributed by atoms with van der Waals surface area (Å²) in [6.45, 7) is 0. The van der Waals surface area contributed by atoms with E-state index in [-0.39, 0.29) is 11.3 Å². The second kappa shape index (κ2) is 5.99. The molecule has 0 aromatic carbocycles. The zero-order valence-corrected chi connectivity index (χ0v) is 15.2. The van der Waals surface area contributed by atoms with Crippen LogP contribution in [0.5, 0.6) is 0 Å². The molecule has 0 unspecified atom stereocenters. The summed E-state index contributed by atoms with van der Waals surface area (Å²) in [5.41, 5.74) is 0.269. The standard InChI is InChI=1S/C17H24ClN3OS/c1-21(14(22)3-2-4-18)16-20-19-15(23-16)17-8-11-5-12(9-17)7-13(6-11)10-17/h11-13H,2-10H2,1H3. The average molecular weight is 354 g/mol. The van der Waals surface area contributed by atoms with E-state index in [1.165, 1.54) is 43.5 Å². The largest absolute Gasteiger partial charge is 0.290 e. The Bertz CT molecular complexity index is 567. The van der Waals surface area contributed by atoms with Crippen molar-refractivity contribution in [3.63, 3.8) is 0 Å². The lowest BCUT2D eigenvalue weighted by Crippen LogP contribution is -2.48. The van der Waals surface area contributed by atoms with Crippen LogP contribution in [0.1, 0.15) is 56.4 Å². The van der Waals surface area contributed by atoms with Gasteiger partial charge in [-0.3, -0.25) is 9.69 Å². The van der Waals surface area contributed by atoms with Crippen LogP contribution in [0.2, 0.25) is 0 Å². The third-order valence-electron chi connectivity index (χ3n) is 6.09. The van der Waals surface area contributed by atoms with E-state index < -0.39 is 0 Å². The van der Waals surface area contributed by atoms with Crippen molar-refractivity contribution < 1.29 is 4.79 Å². The van der Waals surface area contributed by atoms with E-state index in [9.17, 15) is 4.79 Å². The highest BCUT2D eigenvalue weighted by Crippen LogP contribution is 2.61. The van der Waals surface area contributed by atoms with Crippen LogP contribution in [0.25, 0.3) is 0 Å². The highest BCUT2D eigenvalue weighted by atomic mass is 35.5. The molecular weight excluding hydrogens is 330 g/mol. The molecule has 23 heavy (non-hydrogen) atoms. The Morgan fingerprint density at radius 1 is 1.22 bits per heavy atom. The molecule has 4 fully saturated rings. The number of carbonyl (C=O) groups is 1. The Labute approximate surface area is 146 Å². The van der Waals surface area contributed by atoms with Crippen LogP contribution in [-0.2, 0) is 10.2 Å². The number of anilines is 1. The molecule has 0 saturated heterocycles. The fourth-order valence-corrected chi connectivity index (χ4v) is 6.61. The highest BCUT2D eigenvalue weighted by molar-refractivity contribution is 7.15. The van der Waals surface area contributed by atoms with Crippen LogP contribution in [-0.4, -0.2) is 29.0 Å². The predicted octanol–water partition coefficient (Wildman–Crippen LogP) is 3.99.